The summed E-state index contributed by atoms with van der Waals surface area (Å²) in [4.78, 5) is 0. The summed E-state index contributed by atoms with van der Waals surface area (Å²) < 4.78 is 1.54. The zero-order valence-corrected chi connectivity index (χ0v) is 13.9. The third kappa shape index (κ3) is 4.80. The lowest BCUT2D eigenvalue weighted by Crippen LogP contribution is -2.27. The van der Waals surface area contributed by atoms with E-state index in [0.717, 1.165) is 5.25 Å². The summed E-state index contributed by atoms with van der Waals surface area (Å²) in [5, 5.41) is 6.78. The molecule has 2 atom stereocenters. The van der Waals surface area contributed by atoms with Gasteiger partial charge >= 0.3 is 0 Å². The van der Waals surface area contributed by atoms with Crippen molar-refractivity contribution in [2.75, 3.05) is 6.54 Å². The van der Waals surface area contributed by atoms with Crippen molar-refractivity contribution < 1.29 is 0 Å². The van der Waals surface area contributed by atoms with Crippen molar-refractivity contribution in [3.8, 4) is 0 Å². The molecule has 1 N–H and O–H groups in total. The van der Waals surface area contributed by atoms with Gasteiger partial charge in [-0.2, -0.15) is 0 Å². The van der Waals surface area contributed by atoms with Gasteiger partial charge in [0.2, 0.25) is 0 Å². The lowest BCUT2D eigenvalue weighted by atomic mass is 10.0. The van der Waals surface area contributed by atoms with E-state index >= 15 is 0 Å². The highest BCUT2D eigenvalue weighted by atomic mass is 32.2. The van der Waals surface area contributed by atoms with E-state index in [4.69, 9.17) is 0 Å². The summed E-state index contributed by atoms with van der Waals surface area (Å²) in [5.41, 5.74) is 1.55. The molecule has 1 unspecified atom stereocenters. The minimum atomic E-state index is 0.605. The van der Waals surface area contributed by atoms with E-state index in [0.29, 0.717) is 6.04 Å². The van der Waals surface area contributed by atoms with Gasteiger partial charge in [0.15, 0.2) is 0 Å². The molecule has 1 aliphatic heterocycles. The fraction of sp³-hybridized carbons (Fsp3) is 0.750. The van der Waals surface area contributed by atoms with Crippen molar-refractivity contribution in [3.63, 3.8) is 0 Å². The predicted octanol–water partition coefficient (Wildman–Crippen LogP) is 5.62. The zero-order chi connectivity index (χ0) is 13.5. The summed E-state index contributed by atoms with van der Waals surface area (Å²) in [5.74, 6) is 0. The highest BCUT2D eigenvalue weighted by Gasteiger charge is 2.25. The maximum absolute atomic E-state index is 3.78. The van der Waals surface area contributed by atoms with Gasteiger partial charge in [-0.05, 0) is 36.4 Å². The molecule has 19 heavy (non-hydrogen) atoms. The second-order valence-electron chi connectivity index (χ2n) is 5.60. The zero-order valence-electron chi connectivity index (χ0n) is 12.3. The van der Waals surface area contributed by atoms with Gasteiger partial charge in [0.1, 0.15) is 0 Å². The molecular formula is C16H27NS2. The molecule has 0 bridgehead atoms. The second-order valence-corrected chi connectivity index (χ2v) is 8.23. The van der Waals surface area contributed by atoms with Crippen LogP contribution in [0.1, 0.15) is 70.4 Å². The number of fused-ring (bicyclic) bond motifs is 1. The van der Waals surface area contributed by atoms with E-state index in [9.17, 15) is 0 Å². The quantitative estimate of drug-likeness (QED) is 0.625. The molecule has 0 saturated heterocycles. The highest BCUT2D eigenvalue weighted by Crippen LogP contribution is 2.43. The molecule has 1 aromatic heterocycles. The molecule has 1 nitrogen and oxygen atoms in total. The Bertz CT molecular complexity index is 361. The van der Waals surface area contributed by atoms with Crippen LogP contribution in [0.25, 0.3) is 0 Å². The fourth-order valence-corrected chi connectivity index (χ4v) is 5.29. The van der Waals surface area contributed by atoms with Crippen molar-refractivity contribution in [3.05, 3.63) is 17.0 Å². The van der Waals surface area contributed by atoms with Crippen LogP contribution in [0, 0.1) is 0 Å². The van der Waals surface area contributed by atoms with E-state index in [1.807, 2.05) is 11.3 Å². The molecule has 2 rings (SSSR count). The molecule has 0 fully saturated rings. The maximum Gasteiger partial charge on any atom is 0.0649 e. The number of hydrogen-bond donors (Lipinski definition) is 1. The summed E-state index contributed by atoms with van der Waals surface area (Å²) in [7, 11) is 0. The largest absolute Gasteiger partial charge is 0.310 e. The minimum absolute atomic E-state index is 0.605. The first-order chi connectivity index (χ1) is 9.31. The Labute approximate surface area is 126 Å². The molecule has 0 spiro atoms. The molecule has 0 saturated carbocycles. The molecule has 1 aromatic rings. The van der Waals surface area contributed by atoms with E-state index in [1.54, 1.807) is 9.77 Å². The number of unbranched alkanes of at least 4 members (excludes halogenated alkanes) is 5. The van der Waals surface area contributed by atoms with Crippen LogP contribution >= 0.6 is 23.1 Å². The minimum Gasteiger partial charge on any atom is -0.310 e. The lowest BCUT2D eigenvalue weighted by molar-refractivity contribution is 0.471. The Balaban J connectivity index is 1.66. The van der Waals surface area contributed by atoms with Gasteiger partial charge < -0.3 is 5.32 Å². The van der Waals surface area contributed by atoms with Crippen LogP contribution in [-0.2, 0) is 0 Å². The summed E-state index contributed by atoms with van der Waals surface area (Å²) >= 11 is 3.96. The topological polar surface area (TPSA) is 12.0 Å². The van der Waals surface area contributed by atoms with Gasteiger partial charge in [-0.15, -0.1) is 23.1 Å². The standard InChI is InChI=1S/C16H27NS2/c1-3-4-5-6-7-8-10-17-15-12-13(2)19-16-14(15)9-11-18-16/h9,11,13,15,17H,3-8,10,12H2,1-2H3/t13-,15?/m0/s1. The van der Waals surface area contributed by atoms with E-state index in [1.165, 1.54) is 51.5 Å². The Kier molecular flexibility index (Phi) is 6.75. The SMILES string of the molecule is CCCCCCCCNC1C[C@H](C)Sc2sccc21. The van der Waals surface area contributed by atoms with Crippen molar-refractivity contribution in [2.24, 2.45) is 0 Å². The fourth-order valence-electron chi connectivity index (χ4n) is 2.72. The molecule has 108 valence electrons. The average Bonchev–Trinajstić information content (AvgIpc) is 2.85. The Morgan fingerprint density at radius 2 is 2.00 bits per heavy atom. The summed E-state index contributed by atoms with van der Waals surface area (Å²) in [6.45, 7) is 5.82. The Morgan fingerprint density at radius 3 is 2.84 bits per heavy atom. The normalized spacial score (nSPS) is 22.4. The number of thioether (sulfide) groups is 1. The van der Waals surface area contributed by atoms with Crippen LogP contribution in [0.15, 0.2) is 15.7 Å². The lowest BCUT2D eigenvalue weighted by Gasteiger charge is -2.27. The van der Waals surface area contributed by atoms with Crippen molar-refractivity contribution in [1.29, 1.82) is 0 Å². The second kappa shape index (κ2) is 8.33. The molecule has 2 heterocycles. The van der Waals surface area contributed by atoms with Crippen LogP contribution < -0.4 is 5.32 Å². The first kappa shape index (κ1) is 15.4. The maximum atomic E-state index is 3.78. The molecule has 0 aromatic carbocycles. The van der Waals surface area contributed by atoms with Crippen LogP contribution in [0.2, 0.25) is 0 Å². The first-order valence-electron chi connectivity index (χ1n) is 7.78. The summed E-state index contributed by atoms with van der Waals surface area (Å²) in [6.07, 6.45) is 9.59. The summed E-state index contributed by atoms with van der Waals surface area (Å²) in [6, 6.07) is 2.92. The number of nitrogens with one attached hydrogen (secondary N) is 1. The van der Waals surface area contributed by atoms with Crippen LogP contribution in [0.3, 0.4) is 0 Å². The van der Waals surface area contributed by atoms with E-state index in [2.05, 4.69) is 42.4 Å². The first-order valence-corrected chi connectivity index (χ1v) is 9.54. The molecule has 0 aliphatic carbocycles. The average molecular weight is 298 g/mol. The van der Waals surface area contributed by atoms with Crippen LogP contribution in [-0.4, -0.2) is 11.8 Å². The Hall–Kier alpha value is 0.0100. The van der Waals surface area contributed by atoms with Gasteiger partial charge in [-0.3, -0.25) is 0 Å². The predicted molar refractivity (Wildman–Crippen MR) is 88.4 cm³/mol. The van der Waals surface area contributed by atoms with E-state index in [-0.39, 0.29) is 0 Å². The van der Waals surface area contributed by atoms with E-state index < -0.39 is 0 Å². The molecule has 1 aliphatic rings. The smallest absolute Gasteiger partial charge is 0.0649 e. The molecule has 3 heteroatoms. The molecular weight excluding hydrogens is 270 g/mol. The van der Waals surface area contributed by atoms with Crippen molar-refractivity contribution in [1.82, 2.24) is 5.32 Å². The van der Waals surface area contributed by atoms with Crippen molar-refractivity contribution in [2.45, 2.75) is 74.3 Å². The van der Waals surface area contributed by atoms with Gasteiger partial charge in [0, 0.05) is 11.3 Å². The van der Waals surface area contributed by atoms with Crippen LogP contribution in [0.5, 0.6) is 0 Å². The molecule has 0 radical (unpaired) electrons. The Morgan fingerprint density at radius 1 is 1.21 bits per heavy atom. The van der Waals surface area contributed by atoms with Gasteiger partial charge in [0.05, 0.1) is 4.21 Å². The third-order valence-corrected chi connectivity index (χ3v) is 6.17. The van der Waals surface area contributed by atoms with Gasteiger partial charge in [0.25, 0.3) is 0 Å². The molecule has 0 amide bonds. The monoisotopic (exact) mass is 297 g/mol. The van der Waals surface area contributed by atoms with Gasteiger partial charge in [-0.25, -0.2) is 0 Å². The van der Waals surface area contributed by atoms with Crippen molar-refractivity contribution >= 4 is 23.1 Å². The number of thiophene rings is 1. The van der Waals surface area contributed by atoms with Gasteiger partial charge in [-0.1, -0.05) is 46.0 Å². The number of rotatable bonds is 8. The third-order valence-electron chi connectivity index (χ3n) is 3.83. The number of hydrogen-bond acceptors (Lipinski definition) is 3. The van der Waals surface area contributed by atoms with Crippen LogP contribution in [0.4, 0.5) is 0 Å². The highest BCUT2D eigenvalue weighted by molar-refractivity contribution is 8.01.